The molecule has 0 spiro atoms. The van der Waals surface area contributed by atoms with Crippen LogP contribution >= 0.6 is 0 Å². The lowest BCUT2D eigenvalue weighted by molar-refractivity contribution is -0.121. The molecule has 0 aliphatic rings. The number of carbonyl (C=O) groups excluding carboxylic acids is 1. The molecular weight excluding hydrogens is 288 g/mol. The third-order valence-corrected chi connectivity index (χ3v) is 4.33. The molecule has 0 unspecified atom stereocenters. The summed E-state index contributed by atoms with van der Waals surface area (Å²) < 4.78 is 24.7. The number of hydrogen-bond acceptors (Lipinski definition) is 3. The van der Waals surface area contributed by atoms with E-state index in [1.165, 1.54) is 9.87 Å². The minimum atomic E-state index is -3.37. The predicted molar refractivity (Wildman–Crippen MR) is 84.5 cm³/mol. The number of hydrogen-bond donors (Lipinski definition) is 1. The Morgan fingerprint density at radius 1 is 1.24 bits per heavy atom. The van der Waals surface area contributed by atoms with Crippen molar-refractivity contribution >= 4 is 15.9 Å². The smallest absolute Gasteiger partial charge is 0.235 e. The van der Waals surface area contributed by atoms with Crippen LogP contribution in [0.3, 0.4) is 0 Å². The van der Waals surface area contributed by atoms with Crippen molar-refractivity contribution in [1.29, 1.82) is 0 Å². The molecule has 1 aromatic carbocycles. The highest BCUT2D eigenvalue weighted by molar-refractivity contribution is 7.88. The second-order valence-corrected chi connectivity index (χ2v) is 7.02. The topological polar surface area (TPSA) is 66.5 Å². The summed E-state index contributed by atoms with van der Waals surface area (Å²) in [4.78, 5) is 11.7. The summed E-state index contributed by atoms with van der Waals surface area (Å²) in [5.41, 5.74) is 1.17. The lowest BCUT2D eigenvalue weighted by atomic mass is 10.1. The Labute approximate surface area is 127 Å². The SMILES string of the molecule is CCCNC(=O)CN(CCCc1ccccc1)S(C)(=O)=O. The number of sulfonamides is 1. The van der Waals surface area contributed by atoms with Crippen LogP contribution in [0.4, 0.5) is 0 Å². The highest BCUT2D eigenvalue weighted by atomic mass is 32.2. The zero-order chi connectivity index (χ0) is 15.7. The molecule has 0 aromatic heterocycles. The molecule has 1 N–H and O–H groups in total. The Hall–Kier alpha value is -1.40. The van der Waals surface area contributed by atoms with Gasteiger partial charge in [-0.2, -0.15) is 4.31 Å². The van der Waals surface area contributed by atoms with Crippen LogP contribution < -0.4 is 5.32 Å². The van der Waals surface area contributed by atoms with E-state index < -0.39 is 10.0 Å². The number of carbonyl (C=O) groups is 1. The molecule has 0 fully saturated rings. The molecule has 0 heterocycles. The van der Waals surface area contributed by atoms with Gasteiger partial charge in [0.1, 0.15) is 0 Å². The second kappa shape index (κ2) is 8.79. The number of amides is 1. The number of nitrogens with zero attached hydrogens (tertiary/aromatic N) is 1. The van der Waals surface area contributed by atoms with Crippen LogP contribution in [-0.4, -0.2) is 44.5 Å². The first-order chi connectivity index (χ1) is 9.93. The molecular formula is C15H24N2O3S. The fraction of sp³-hybridized carbons (Fsp3) is 0.533. The Kier molecular flexibility index (Phi) is 7.39. The fourth-order valence-corrected chi connectivity index (χ4v) is 2.76. The number of nitrogens with one attached hydrogen (secondary N) is 1. The third kappa shape index (κ3) is 7.24. The van der Waals surface area contributed by atoms with Gasteiger partial charge >= 0.3 is 0 Å². The summed E-state index contributed by atoms with van der Waals surface area (Å²) in [5, 5.41) is 2.70. The van der Waals surface area contributed by atoms with Crippen molar-refractivity contribution in [2.45, 2.75) is 26.2 Å². The molecule has 118 valence electrons. The van der Waals surface area contributed by atoms with Gasteiger partial charge in [0.05, 0.1) is 12.8 Å². The molecule has 0 radical (unpaired) electrons. The van der Waals surface area contributed by atoms with E-state index in [1.54, 1.807) is 0 Å². The highest BCUT2D eigenvalue weighted by Gasteiger charge is 2.19. The van der Waals surface area contributed by atoms with Crippen molar-refractivity contribution in [2.24, 2.45) is 0 Å². The summed E-state index contributed by atoms with van der Waals surface area (Å²) in [6.07, 6.45) is 3.46. The van der Waals surface area contributed by atoms with Gasteiger partial charge in [-0.05, 0) is 24.8 Å². The zero-order valence-corrected chi connectivity index (χ0v) is 13.5. The molecule has 0 aliphatic carbocycles. The molecule has 1 rings (SSSR count). The Bertz CT molecular complexity index is 529. The maximum Gasteiger partial charge on any atom is 0.235 e. The first kappa shape index (κ1) is 17.7. The fourth-order valence-electron chi connectivity index (χ4n) is 1.95. The van der Waals surface area contributed by atoms with E-state index in [9.17, 15) is 13.2 Å². The number of benzene rings is 1. The van der Waals surface area contributed by atoms with Crippen molar-refractivity contribution in [3.05, 3.63) is 35.9 Å². The van der Waals surface area contributed by atoms with Crippen molar-refractivity contribution in [3.63, 3.8) is 0 Å². The summed E-state index contributed by atoms with van der Waals surface area (Å²) in [6.45, 7) is 2.77. The average molecular weight is 312 g/mol. The van der Waals surface area contributed by atoms with Gasteiger partial charge in [0.25, 0.3) is 0 Å². The summed E-state index contributed by atoms with van der Waals surface area (Å²) in [7, 11) is -3.37. The zero-order valence-electron chi connectivity index (χ0n) is 12.7. The first-order valence-corrected chi connectivity index (χ1v) is 9.04. The Morgan fingerprint density at radius 2 is 1.90 bits per heavy atom. The second-order valence-electron chi connectivity index (χ2n) is 5.04. The normalized spacial score (nSPS) is 11.6. The molecule has 5 nitrogen and oxygen atoms in total. The Balaban J connectivity index is 2.49. The van der Waals surface area contributed by atoms with E-state index in [-0.39, 0.29) is 12.5 Å². The minimum Gasteiger partial charge on any atom is -0.355 e. The van der Waals surface area contributed by atoms with Gasteiger partial charge in [-0.25, -0.2) is 8.42 Å². The summed E-state index contributed by atoms with van der Waals surface area (Å²) in [5.74, 6) is -0.248. The van der Waals surface area contributed by atoms with Gasteiger partial charge < -0.3 is 5.32 Å². The van der Waals surface area contributed by atoms with Crippen LogP contribution in [-0.2, 0) is 21.2 Å². The molecule has 1 amide bonds. The first-order valence-electron chi connectivity index (χ1n) is 7.19. The van der Waals surface area contributed by atoms with Crippen LogP contribution in [0.25, 0.3) is 0 Å². The van der Waals surface area contributed by atoms with Gasteiger partial charge in [0.15, 0.2) is 0 Å². The van der Waals surface area contributed by atoms with Gasteiger partial charge in [0.2, 0.25) is 15.9 Å². The highest BCUT2D eigenvalue weighted by Crippen LogP contribution is 2.06. The van der Waals surface area contributed by atoms with Crippen LogP contribution in [0, 0.1) is 0 Å². The summed E-state index contributed by atoms with van der Waals surface area (Å²) in [6, 6.07) is 9.89. The molecule has 0 saturated carbocycles. The van der Waals surface area contributed by atoms with E-state index in [2.05, 4.69) is 5.32 Å². The minimum absolute atomic E-state index is 0.104. The van der Waals surface area contributed by atoms with Gasteiger partial charge in [-0.15, -0.1) is 0 Å². The molecule has 0 bridgehead atoms. The molecule has 6 heteroatoms. The predicted octanol–water partition coefficient (Wildman–Crippen LogP) is 1.41. The maximum absolute atomic E-state index is 11.7. The lowest BCUT2D eigenvalue weighted by Gasteiger charge is -2.19. The Morgan fingerprint density at radius 3 is 2.48 bits per heavy atom. The van der Waals surface area contributed by atoms with Crippen LogP contribution in [0.15, 0.2) is 30.3 Å². The monoisotopic (exact) mass is 312 g/mol. The van der Waals surface area contributed by atoms with Gasteiger partial charge in [-0.1, -0.05) is 37.3 Å². The van der Waals surface area contributed by atoms with Crippen molar-refractivity contribution < 1.29 is 13.2 Å². The number of rotatable bonds is 9. The molecule has 0 aliphatic heterocycles. The maximum atomic E-state index is 11.7. The third-order valence-electron chi connectivity index (χ3n) is 3.08. The van der Waals surface area contributed by atoms with Crippen molar-refractivity contribution in [3.8, 4) is 0 Å². The molecule has 21 heavy (non-hydrogen) atoms. The molecule has 0 saturated heterocycles. The van der Waals surface area contributed by atoms with Gasteiger partial charge in [0, 0.05) is 13.1 Å². The van der Waals surface area contributed by atoms with E-state index in [1.807, 2.05) is 37.3 Å². The van der Waals surface area contributed by atoms with E-state index >= 15 is 0 Å². The van der Waals surface area contributed by atoms with Crippen LogP contribution in [0.5, 0.6) is 0 Å². The largest absolute Gasteiger partial charge is 0.355 e. The number of aryl methyl sites for hydroxylation is 1. The quantitative estimate of drug-likeness (QED) is 0.749. The van der Waals surface area contributed by atoms with Crippen molar-refractivity contribution in [2.75, 3.05) is 25.9 Å². The van der Waals surface area contributed by atoms with Gasteiger partial charge in [-0.3, -0.25) is 4.79 Å². The lowest BCUT2D eigenvalue weighted by Crippen LogP contribution is -2.41. The molecule has 1 aromatic rings. The standard InChI is InChI=1S/C15H24N2O3S/c1-3-11-16-15(18)13-17(21(2,19)20)12-7-10-14-8-5-4-6-9-14/h4-6,8-9H,3,7,10-13H2,1-2H3,(H,16,18). The van der Waals surface area contributed by atoms with Crippen molar-refractivity contribution in [1.82, 2.24) is 9.62 Å². The van der Waals surface area contributed by atoms with E-state index in [0.717, 1.165) is 19.1 Å². The molecule has 0 atom stereocenters. The average Bonchev–Trinajstić information content (AvgIpc) is 2.44. The van der Waals surface area contributed by atoms with Crippen LogP contribution in [0.1, 0.15) is 25.3 Å². The van der Waals surface area contributed by atoms with E-state index in [0.29, 0.717) is 19.5 Å². The summed E-state index contributed by atoms with van der Waals surface area (Å²) >= 11 is 0. The van der Waals surface area contributed by atoms with Crippen LogP contribution in [0.2, 0.25) is 0 Å². The van der Waals surface area contributed by atoms with E-state index in [4.69, 9.17) is 0 Å².